The Balaban J connectivity index is 1.65. The van der Waals surface area contributed by atoms with Crippen LogP contribution in [0.2, 0.25) is 0 Å². The Labute approximate surface area is 112 Å². The molecule has 2 N–H and O–H groups in total. The van der Waals surface area contributed by atoms with Crippen molar-refractivity contribution in [1.82, 2.24) is 10.3 Å². The zero-order valence-corrected chi connectivity index (χ0v) is 10.5. The van der Waals surface area contributed by atoms with Crippen molar-refractivity contribution in [3.63, 3.8) is 0 Å². The van der Waals surface area contributed by atoms with E-state index in [-0.39, 0.29) is 6.61 Å². The van der Waals surface area contributed by atoms with Crippen molar-refractivity contribution < 1.29 is 9.53 Å². The Bertz CT molecular complexity index is 518. The van der Waals surface area contributed by atoms with Gasteiger partial charge in [0.1, 0.15) is 6.61 Å². The average molecular weight is 256 g/mol. The van der Waals surface area contributed by atoms with Crippen molar-refractivity contribution in [2.75, 3.05) is 6.54 Å². The van der Waals surface area contributed by atoms with Crippen molar-refractivity contribution in [2.45, 2.75) is 6.61 Å². The summed E-state index contributed by atoms with van der Waals surface area (Å²) in [4.78, 5) is 14.4. The third-order valence-corrected chi connectivity index (χ3v) is 2.51. The Morgan fingerprint density at radius 1 is 1.26 bits per heavy atom. The SMILES string of the molecule is O=C(NCC=Cc1cc[nH]c1)OCc1ccccc1. The lowest BCUT2D eigenvalue weighted by molar-refractivity contribution is 0.141. The van der Waals surface area contributed by atoms with Gasteiger partial charge in [-0.05, 0) is 17.2 Å². The first-order valence-corrected chi connectivity index (χ1v) is 6.08. The number of aromatic amines is 1. The number of ether oxygens (including phenoxy) is 1. The van der Waals surface area contributed by atoms with Crippen LogP contribution in [0, 0.1) is 0 Å². The van der Waals surface area contributed by atoms with Crippen LogP contribution >= 0.6 is 0 Å². The fraction of sp³-hybridized carbons (Fsp3) is 0.133. The number of rotatable bonds is 5. The van der Waals surface area contributed by atoms with E-state index in [1.165, 1.54) is 0 Å². The van der Waals surface area contributed by atoms with Gasteiger partial charge in [0.05, 0.1) is 0 Å². The average Bonchev–Trinajstić information content (AvgIpc) is 2.96. The summed E-state index contributed by atoms with van der Waals surface area (Å²) in [6.07, 6.45) is 7.11. The van der Waals surface area contributed by atoms with Crippen molar-refractivity contribution >= 4 is 12.2 Å². The Morgan fingerprint density at radius 2 is 2.11 bits per heavy atom. The highest BCUT2D eigenvalue weighted by Gasteiger charge is 1.99. The van der Waals surface area contributed by atoms with Crippen LogP contribution in [0.5, 0.6) is 0 Å². The maximum absolute atomic E-state index is 11.4. The Morgan fingerprint density at radius 3 is 2.84 bits per heavy atom. The minimum atomic E-state index is -0.414. The molecule has 0 aliphatic rings. The molecule has 98 valence electrons. The number of hydrogen-bond donors (Lipinski definition) is 2. The molecule has 4 heteroatoms. The van der Waals surface area contributed by atoms with E-state index < -0.39 is 6.09 Å². The molecular formula is C15H16N2O2. The first-order valence-electron chi connectivity index (χ1n) is 6.08. The van der Waals surface area contributed by atoms with Gasteiger partial charge in [-0.1, -0.05) is 42.5 Å². The number of hydrogen-bond acceptors (Lipinski definition) is 2. The minimum Gasteiger partial charge on any atom is -0.445 e. The largest absolute Gasteiger partial charge is 0.445 e. The van der Waals surface area contributed by atoms with Gasteiger partial charge in [-0.15, -0.1) is 0 Å². The summed E-state index contributed by atoms with van der Waals surface area (Å²) >= 11 is 0. The molecule has 0 aliphatic heterocycles. The van der Waals surface area contributed by atoms with Crippen LogP contribution in [0.25, 0.3) is 6.08 Å². The zero-order chi connectivity index (χ0) is 13.3. The van der Waals surface area contributed by atoms with Crippen molar-refractivity contribution in [1.29, 1.82) is 0 Å². The fourth-order valence-corrected chi connectivity index (χ4v) is 1.55. The third kappa shape index (κ3) is 4.71. The molecule has 0 radical (unpaired) electrons. The lowest BCUT2D eigenvalue weighted by atomic mass is 10.2. The summed E-state index contributed by atoms with van der Waals surface area (Å²) in [5.41, 5.74) is 2.04. The number of carbonyl (C=O) groups is 1. The second-order valence-electron chi connectivity index (χ2n) is 3.99. The predicted octanol–water partition coefficient (Wildman–Crippen LogP) is 2.95. The van der Waals surface area contributed by atoms with Crippen LogP contribution in [0.15, 0.2) is 54.9 Å². The molecule has 0 unspecified atom stereocenters. The molecule has 0 aliphatic carbocycles. The zero-order valence-electron chi connectivity index (χ0n) is 10.5. The van der Waals surface area contributed by atoms with E-state index in [2.05, 4.69) is 10.3 Å². The molecule has 19 heavy (non-hydrogen) atoms. The predicted molar refractivity (Wildman–Crippen MR) is 74.5 cm³/mol. The topological polar surface area (TPSA) is 54.1 Å². The summed E-state index contributed by atoms with van der Waals surface area (Å²) in [6.45, 7) is 0.729. The molecule has 0 saturated heterocycles. The molecule has 0 fully saturated rings. The molecule has 0 saturated carbocycles. The molecule has 0 atom stereocenters. The Kier molecular flexibility index (Phi) is 4.81. The fourth-order valence-electron chi connectivity index (χ4n) is 1.55. The van der Waals surface area contributed by atoms with E-state index >= 15 is 0 Å². The number of carbonyl (C=O) groups excluding carboxylic acids is 1. The number of aromatic nitrogens is 1. The van der Waals surface area contributed by atoms with E-state index in [9.17, 15) is 4.79 Å². The van der Waals surface area contributed by atoms with Crippen molar-refractivity contribution in [2.24, 2.45) is 0 Å². The lowest BCUT2D eigenvalue weighted by Crippen LogP contribution is -2.24. The van der Waals surface area contributed by atoms with Gasteiger partial charge in [-0.25, -0.2) is 4.79 Å². The molecule has 2 rings (SSSR count). The highest BCUT2D eigenvalue weighted by atomic mass is 16.5. The molecule has 2 aromatic rings. The highest BCUT2D eigenvalue weighted by Crippen LogP contribution is 2.00. The summed E-state index contributed by atoms with van der Waals surface area (Å²) in [5.74, 6) is 0. The van der Waals surface area contributed by atoms with Gasteiger partial charge in [0, 0.05) is 18.9 Å². The number of amides is 1. The molecular weight excluding hydrogens is 240 g/mol. The van der Waals surface area contributed by atoms with Crippen LogP contribution in [0.1, 0.15) is 11.1 Å². The third-order valence-electron chi connectivity index (χ3n) is 2.51. The lowest BCUT2D eigenvalue weighted by Gasteiger charge is -2.05. The Hall–Kier alpha value is -2.49. The van der Waals surface area contributed by atoms with E-state index in [4.69, 9.17) is 4.74 Å². The quantitative estimate of drug-likeness (QED) is 0.864. The molecule has 1 aromatic heterocycles. The molecule has 0 spiro atoms. The number of alkyl carbamates (subject to hydrolysis) is 1. The summed E-state index contributed by atoms with van der Waals surface area (Å²) in [5, 5.41) is 2.66. The smallest absolute Gasteiger partial charge is 0.407 e. The van der Waals surface area contributed by atoms with Crippen molar-refractivity contribution in [3.05, 3.63) is 66.0 Å². The van der Waals surface area contributed by atoms with Crippen LogP contribution in [-0.4, -0.2) is 17.6 Å². The van der Waals surface area contributed by atoms with Crippen LogP contribution in [0.3, 0.4) is 0 Å². The summed E-state index contributed by atoms with van der Waals surface area (Å²) in [6, 6.07) is 11.5. The molecule has 1 aromatic carbocycles. The van der Waals surface area contributed by atoms with E-state index in [1.54, 1.807) is 0 Å². The van der Waals surface area contributed by atoms with E-state index in [0.717, 1.165) is 11.1 Å². The van der Waals surface area contributed by atoms with Crippen molar-refractivity contribution in [3.8, 4) is 0 Å². The number of nitrogens with one attached hydrogen (secondary N) is 2. The molecule has 1 heterocycles. The molecule has 1 amide bonds. The monoisotopic (exact) mass is 256 g/mol. The van der Waals surface area contributed by atoms with E-state index in [0.29, 0.717) is 6.54 Å². The van der Waals surface area contributed by atoms with Crippen LogP contribution in [0.4, 0.5) is 4.79 Å². The normalized spacial score (nSPS) is 10.5. The second-order valence-corrected chi connectivity index (χ2v) is 3.99. The first-order chi connectivity index (χ1) is 9.34. The van der Waals surface area contributed by atoms with Crippen LogP contribution < -0.4 is 5.32 Å². The van der Waals surface area contributed by atoms with Gasteiger partial charge in [-0.2, -0.15) is 0 Å². The maximum Gasteiger partial charge on any atom is 0.407 e. The van der Waals surface area contributed by atoms with Gasteiger partial charge >= 0.3 is 6.09 Å². The first kappa shape index (κ1) is 13.0. The van der Waals surface area contributed by atoms with Gasteiger partial charge in [0.2, 0.25) is 0 Å². The van der Waals surface area contributed by atoms with Gasteiger partial charge in [-0.3, -0.25) is 0 Å². The van der Waals surface area contributed by atoms with Crippen LogP contribution in [-0.2, 0) is 11.3 Å². The standard InChI is InChI=1S/C15H16N2O2/c18-15(19-12-14-5-2-1-3-6-14)17-9-4-7-13-8-10-16-11-13/h1-8,10-11,16H,9,12H2,(H,17,18). The maximum atomic E-state index is 11.4. The second kappa shape index (κ2) is 7.06. The highest BCUT2D eigenvalue weighted by molar-refractivity contribution is 5.67. The van der Waals surface area contributed by atoms with Gasteiger partial charge in [0.15, 0.2) is 0 Å². The number of benzene rings is 1. The molecule has 4 nitrogen and oxygen atoms in total. The number of H-pyrrole nitrogens is 1. The minimum absolute atomic E-state index is 0.286. The van der Waals surface area contributed by atoms with E-state index in [1.807, 2.05) is 60.9 Å². The summed E-state index contributed by atoms with van der Waals surface area (Å²) < 4.78 is 5.08. The summed E-state index contributed by atoms with van der Waals surface area (Å²) in [7, 11) is 0. The molecule has 0 bridgehead atoms. The van der Waals surface area contributed by atoms with Gasteiger partial charge in [0.25, 0.3) is 0 Å². The van der Waals surface area contributed by atoms with Gasteiger partial charge < -0.3 is 15.0 Å².